The Morgan fingerprint density at radius 1 is 1.05 bits per heavy atom. The van der Waals surface area contributed by atoms with E-state index < -0.39 is 4.92 Å². The number of phenols is 1. The van der Waals surface area contributed by atoms with Crippen LogP contribution in [0.1, 0.15) is 5.69 Å². The van der Waals surface area contributed by atoms with Gasteiger partial charge in [0.15, 0.2) is 0 Å². The highest BCUT2D eigenvalue weighted by molar-refractivity contribution is 5.66. The zero-order valence-electron chi connectivity index (χ0n) is 11.9. The maximum absolute atomic E-state index is 11.0. The highest BCUT2D eigenvalue weighted by Crippen LogP contribution is 2.33. The zero-order chi connectivity index (χ0) is 15.7. The standard InChI is InChI=1S/C17H14N2O3/c1-12-7-9-15(13-5-3-2-4-6-13)18(12)16-11-14(19(21)22)8-10-17(16)20/h2-11,20H,1H3. The molecule has 1 N–H and O–H groups in total. The number of aryl methyl sites for hydroxylation is 1. The maximum Gasteiger partial charge on any atom is 0.271 e. The van der Waals surface area contributed by atoms with Crippen molar-refractivity contribution in [3.05, 3.63) is 76.5 Å². The van der Waals surface area contributed by atoms with Gasteiger partial charge >= 0.3 is 0 Å². The van der Waals surface area contributed by atoms with Gasteiger partial charge in [-0.05, 0) is 30.7 Å². The molecule has 3 aromatic rings. The molecule has 22 heavy (non-hydrogen) atoms. The molecule has 0 unspecified atom stereocenters. The van der Waals surface area contributed by atoms with Crippen LogP contribution in [0.25, 0.3) is 16.9 Å². The lowest BCUT2D eigenvalue weighted by molar-refractivity contribution is -0.384. The molecule has 110 valence electrons. The first kappa shape index (κ1) is 13.9. The van der Waals surface area contributed by atoms with Gasteiger partial charge in [-0.25, -0.2) is 0 Å². The molecular formula is C17H14N2O3. The summed E-state index contributed by atoms with van der Waals surface area (Å²) in [5.41, 5.74) is 3.07. The largest absolute Gasteiger partial charge is 0.506 e. The number of rotatable bonds is 3. The van der Waals surface area contributed by atoms with Gasteiger partial charge in [-0.15, -0.1) is 0 Å². The van der Waals surface area contributed by atoms with E-state index in [1.54, 1.807) is 0 Å². The fourth-order valence-corrected chi connectivity index (χ4v) is 2.50. The van der Waals surface area contributed by atoms with Crippen molar-refractivity contribution in [1.29, 1.82) is 0 Å². The Balaban J connectivity index is 2.23. The molecule has 0 atom stereocenters. The van der Waals surface area contributed by atoms with Crippen LogP contribution in [0.5, 0.6) is 5.75 Å². The number of nitro groups is 1. The van der Waals surface area contributed by atoms with E-state index in [9.17, 15) is 15.2 Å². The van der Waals surface area contributed by atoms with Gasteiger partial charge in [0.2, 0.25) is 0 Å². The molecule has 0 aliphatic rings. The average Bonchev–Trinajstić information content (AvgIpc) is 2.90. The average molecular weight is 294 g/mol. The molecule has 0 amide bonds. The maximum atomic E-state index is 11.0. The summed E-state index contributed by atoms with van der Waals surface area (Å²) in [5.74, 6) is 0.00193. The summed E-state index contributed by atoms with van der Waals surface area (Å²) in [5, 5.41) is 21.1. The summed E-state index contributed by atoms with van der Waals surface area (Å²) in [7, 11) is 0. The van der Waals surface area contributed by atoms with Crippen LogP contribution in [-0.2, 0) is 0 Å². The summed E-state index contributed by atoms with van der Waals surface area (Å²) < 4.78 is 1.82. The Morgan fingerprint density at radius 3 is 2.45 bits per heavy atom. The quantitative estimate of drug-likeness (QED) is 0.585. The topological polar surface area (TPSA) is 68.3 Å². The number of aromatic hydroxyl groups is 1. The number of nitrogens with zero attached hydrogens (tertiary/aromatic N) is 2. The first-order valence-electron chi connectivity index (χ1n) is 6.79. The minimum Gasteiger partial charge on any atom is -0.506 e. The molecular weight excluding hydrogens is 280 g/mol. The van der Waals surface area contributed by atoms with Crippen LogP contribution in [0.3, 0.4) is 0 Å². The zero-order valence-corrected chi connectivity index (χ0v) is 11.9. The van der Waals surface area contributed by atoms with Crippen molar-refractivity contribution >= 4 is 5.69 Å². The third kappa shape index (κ3) is 2.33. The minimum absolute atomic E-state index is 0.00193. The first-order chi connectivity index (χ1) is 10.6. The summed E-state index contributed by atoms with van der Waals surface area (Å²) in [6.45, 7) is 1.89. The van der Waals surface area contributed by atoms with Crippen molar-refractivity contribution < 1.29 is 10.0 Å². The lowest BCUT2D eigenvalue weighted by atomic mass is 10.1. The van der Waals surface area contributed by atoms with Crippen molar-refractivity contribution in [3.63, 3.8) is 0 Å². The van der Waals surface area contributed by atoms with Crippen LogP contribution >= 0.6 is 0 Å². The third-order valence-electron chi connectivity index (χ3n) is 3.56. The van der Waals surface area contributed by atoms with Gasteiger partial charge in [0, 0.05) is 17.8 Å². The predicted molar refractivity (Wildman–Crippen MR) is 84.3 cm³/mol. The summed E-state index contributed by atoms with van der Waals surface area (Å²) in [6.07, 6.45) is 0. The second-order valence-corrected chi connectivity index (χ2v) is 4.99. The van der Waals surface area contributed by atoms with Gasteiger partial charge in [0.05, 0.1) is 16.3 Å². The second kappa shape index (κ2) is 5.37. The highest BCUT2D eigenvalue weighted by Gasteiger charge is 2.16. The van der Waals surface area contributed by atoms with Crippen LogP contribution in [0.4, 0.5) is 5.69 Å². The van der Waals surface area contributed by atoms with Crippen molar-refractivity contribution in [3.8, 4) is 22.7 Å². The highest BCUT2D eigenvalue weighted by atomic mass is 16.6. The smallest absolute Gasteiger partial charge is 0.271 e. The summed E-state index contributed by atoms with van der Waals surface area (Å²) >= 11 is 0. The molecule has 0 aliphatic heterocycles. The molecule has 1 aromatic heterocycles. The SMILES string of the molecule is Cc1ccc(-c2ccccc2)n1-c1cc([N+](=O)[O-])ccc1O. The molecule has 0 aliphatic carbocycles. The predicted octanol–water partition coefficient (Wildman–Crippen LogP) is 4.07. The third-order valence-corrected chi connectivity index (χ3v) is 3.56. The Bertz CT molecular complexity index is 838. The van der Waals surface area contributed by atoms with E-state index in [-0.39, 0.29) is 11.4 Å². The van der Waals surface area contributed by atoms with E-state index in [1.807, 2.05) is 54.0 Å². The Morgan fingerprint density at radius 2 is 1.77 bits per heavy atom. The van der Waals surface area contributed by atoms with E-state index >= 15 is 0 Å². The number of benzene rings is 2. The normalized spacial score (nSPS) is 10.6. The van der Waals surface area contributed by atoms with Crippen LogP contribution in [-0.4, -0.2) is 14.6 Å². The van der Waals surface area contributed by atoms with Gasteiger partial charge in [0.25, 0.3) is 5.69 Å². The molecule has 0 spiro atoms. The van der Waals surface area contributed by atoms with Gasteiger partial charge in [-0.2, -0.15) is 0 Å². The summed E-state index contributed by atoms with van der Waals surface area (Å²) in [4.78, 5) is 10.5. The number of non-ortho nitro benzene ring substituents is 1. The van der Waals surface area contributed by atoms with E-state index in [4.69, 9.17) is 0 Å². The Hall–Kier alpha value is -3.08. The van der Waals surface area contributed by atoms with E-state index in [1.165, 1.54) is 18.2 Å². The Labute approximate surface area is 127 Å². The second-order valence-electron chi connectivity index (χ2n) is 4.99. The van der Waals surface area contributed by atoms with Gasteiger partial charge in [-0.1, -0.05) is 30.3 Å². The number of hydrogen-bond acceptors (Lipinski definition) is 3. The molecule has 0 radical (unpaired) electrons. The molecule has 0 saturated heterocycles. The van der Waals surface area contributed by atoms with Crippen molar-refractivity contribution in [2.45, 2.75) is 6.92 Å². The van der Waals surface area contributed by atoms with Gasteiger partial charge in [-0.3, -0.25) is 10.1 Å². The molecule has 1 heterocycles. The minimum atomic E-state index is -0.468. The number of nitro benzene ring substituents is 1. The summed E-state index contributed by atoms with van der Waals surface area (Å²) in [6, 6.07) is 17.6. The molecule has 0 saturated carbocycles. The number of hydrogen-bond donors (Lipinski definition) is 1. The molecule has 5 nitrogen and oxygen atoms in total. The van der Waals surface area contributed by atoms with Crippen molar-refractivity contribution in [2.75, 3.05) is 0 Å². The molecule has 0 bridgehead atoms. The van der Waals surface area contributed by atoms with Crippen LogP contribution in [0.15, 0.2) is 60.7 Å². The Kier molecular flexibility index (Phi) is 3.39. The van der Waals surface area contributed by atoms with Crippen LogP contribution < -0.4 is 0 Å². The van der Waals surface area contributed by atoms with E-state index in [0.29, 0.717) is 5.69 Å². The van der Waals surface area contributed by atoms with Gasteiger partial charge in [0.1, 0.15) is 5.75 Å². The fraction of sp³-hybridized carbons (Fsp3) is 0.0588. The van der Waals surface area contributed by atoms with Crippen molar-refractivity contribution in [1.82, 2.24) is 4.57 Å². The molecule has 0 fully saturated rings. The van der Waals surface area contributed by atoms with E-state index in [0.717, 1.165) is 17.0 Å². The van der Waals surface area contributed by atoms with Crippen molar-refractivity contribution in [2.24, 2.45) is 0 Å². The molecule has 3 rings (SSSR count). The lowest BCUT2D eigenvalue weighted by Gasteiger charge is -2.13. The lowest BCUT2D eigenvalue weighted by Crippen LogP contribution is -2.00. The molecule has 2 aromatic carbocycles. The van der Waals surface area contributed by atoms with Crippen LogP contribution in [0, 0.1) is 17.0 Å². The number of phenolic OH excluding ortho intramolecular Hbond substituents is 1. The fourth-order valence-electron chi connectivity index (χ4n) is 2.50. The number of aromatic nitrogens is 1. The van der Waals surface area contributed by atoms with E-state index in [2.05, 4.69) is 0 Å². The monoisotopic (exact) mass is 294 g/mol. The first-order valence-corrected chi connectivity index (χ1v) is 6.79. The molecule has 5 heteroatoms. The van der Waals surface area contributed by atoms with Gasteiger partial charge < -0.3 is 9.67 Å². The van der Waals surface area contributed by atoms with Crippen LogP contribution in [0.2, 0.25) is 0 Å².